The lowest BCUT2D eigenvalue weighted by atomic mass is 9.90. The van der Waals surface area contributed by atoms with Gasteiger partial charge in [-0.25, -0.2) is 4.79 Å². The highest BCUT2D eigenvalue weighted by molar-refractivity contribution is 5.90. The number of ether oxygens (including phenoxy) is 1. The Morgan fingerprint density at radius 3 is 2.52 bits per heavy atom. The van der Waals surface area contributed by atoms with Crippen LogP contribution in [0.4, 0.5) is 0 Å². The van der Waals surface area contributed by atoms with E-state index < -0.39 is 0 Å². The summed E-state index contributed by atoms with van der Waals surface area (Å²) in [6.45, 7) is 0.364. The first-order valence-electron chi connectivity index (χ1n) is 7.93. The van der Waals surface area contributed by atoms with Gasteiger partial charge in [0, 0.05) is 12.0 Å². The van der Waals surface area contributed by atoms with Gasteiger partial charge < -0.3 is 4.74 Å². The molecule has 2 heteroatoms. The summed E-state index contributed by atoms with van der Waals surface area (Å²) < 4.78 is 5.42. The zero-order valence-corrected chi connectivity index (χ0v) is 12.4. The van der Waals surface area contributed by atoms with Crippen LogP contribution < -0.4 is 0 Å². The summed E-state index contributed by atoms with van der Waals surface area (Å²) >= 11 is 0. The lowest BCUT2D eigenvalue weighted by Gasteiger charge is -2.16. The molecular formula is C19H22O2. The highest BCUT2D eigenvalue weighted by Crippen LogP contribution is 2.34. The SMILES string of the molecule is O=C(OCc1ccccc1)C1=CCC(=C2CCCCC2)C1. The number of hydrogen-bond acceptors (Lipinski definition) is 2. The van der Waals surface area contributed by atoms with Crippen LogP contribution in [-0.4, -0.2) is 5.97 Å². The highest BCUT2D eigenvalue weighted by atomic mass is 16.5. The minimum Gasteiger partial charge on any atom is -0.457 e. The van der Waals surface area contributed by atoms with Gasteiger partial charge in [0.15, 0.2) is 0 Å². The summed E-state index contributed by atoms with van der Waals surface area (Å²) in [5.74, 6) is -0.148. The number of rotatable bonds is 3. The lowest BCUT2D eigenvalue weighted by Crippen LogP contribution is -2.07. The highest BCUT2D eigenvalue weighted by Gasteiger charge is 2.21. The standard InChI is InChI=1S/C19H22O2/c20-19(21-14-15-7-3-1-4-8-15)18-12-11-17(13-18)16-9-5-2-6-10-16/h1,3-4,7-8,12H,2,5-6,9-11,13-14H2. The molecule has 1 fully saturated rings. The van der Waals surface area contributed by atoms with Crippen molar-refractivity contribution in [2.45, 2.75) is 51.6 Å². The molecule has 21 heavy (non-hydrogen) atoms. The van der Waals surface area contributed by atoms with Crippen LogP contribution in [0.25, 0.3) is 0 Å². The second kappa shape index (κ2) is 6.75. The van der Waals surface area contributed by atoms with E-state index in [1.165, 1.54) is 37.7 Å². The molecule has 2 nitrogen and oxygen atoms in total. The molecule has 0 bridgehead atoms. The fourth-order valence-corrected chi connectivity index (χ4v) is 3.19. The van der Waals surface area contributed by atoms with Gasteiger partial charge in [0.1, 0.15) is 6.61 Å². The molecule has 0 radical (unpaired) electrons. The largest absolute Gasteiger partial charge is 0.457 e. The molecule has 0 aliphatic heterocycles. The molecule has 0 saturated heterocycles. The predicted molar refractivity (Wildman–Crippen MR) is 83.7 cm³/mol. The molecule has 1 aromatic rings. The van der Waals surface area contributed by atoms with Gasteiger partial charge in [-0.05, 0) is 37.7 Å². The third kappa shape index (κ3) is 3.63. The molecule has 0 amide bonds. The van der Waals surface area contributed by atoms with Crippen LogP contribution in [0.2, 0.25) is 0 Å². The van der Waals surface area contributed by atoms with Crippen molar-refractivity contribution in [2.24, 2.45) is 0 Å². The van der Waals surface area contributed by atoms with Gasteiger partial charge in [-0.15, -0.1) is 0 Å². The first-order valence-corrected chi connectivity index (χ1v) is 7.93. The van der Waals surface area contributed by atoms with E-state index in [0.717, 1.165) is 24.0 Å². The zero-order valence-electron chi connectivity index (χ0n) is 12.4. The van der Waals surface area contributed by atoms with Crippen molar-refractivity contribution in [3.8, 4) is 0 Å². The minimum atomic E-state index is -0.148. The van der Waals surface area contributed by atoms with Crippen molar-refractivity contribution in [3.63, 3.8) is 0 Å². The van der Waals surface area contributed by atoms with Crippen molar-refractivity contribution in [3.05, 3.63) is 58.7 Å². The van der Waals surface area contributed by atoms with Crippen LogP contribution in [0.5, 0.6) is 0 Å². The molecular weight excluding hydrogens is 260 g/mol. The molecule has 0 aromatic heterocycles. The number of carbonyl (C=O) groups excluding carboxylic acids is 1. The second-order valence-corrected chi connectivity index (χ2v) is 5.94. The fourth-order valence-electron chi connectivity index (χ4n) is 3.19. The van der Waals surface area contributed by atoms with E-state index in [1.807, 2.05) is 30.3 Å². The molecule has 0 unspecified atom stereocenters. The molecule has 1 saturated carbocycles. The molecule has 3 rings (SSSR count). The Bertz CT molecular complexity index is 558. The molecule has 2 aliphatic carbocycles. The Labute approximate surface area is 126 Å². The Morgan fingerprint density at radius 1 is 1.00 bits per heavy atom. The maximum Gasteiger partial charge on any atom is 0.334 e. The van der Waals surface area contributed by atoms with E-state index in [2.05, 4.69) is 6.08 Å². The smallest absolute Gasteiger partial charge is 0.334 e. The molecule has 0 N–H and O–H groups in total. The molecule has 0 heterocycles. The van der Waals surface area contributed by atoms with Crippen molar-refractivity contribution >= 4 is 5.97 Å². The Hall–Kier alpha value is -1.83. The Balaban J connectivity index is 1.54. The van der Waals surface area contributed by atoms with Gasteiger partial charge in [-0.1, -0.05) is 54.0 Å². The second-order valence-electron chi connectivity index (χ2n) is 5.94. The summed E-state index contributed by atoms with van der Waals surface area (Å²) in [6.07, 6.45) is 10.3. The average Bonchev–Trinajstić information content (AvgIpc) is 3.04. The van der Waals surface area contributed by atoms with Crippen LogP contribution in [-0.2, 0) is 16.1 Å². The first kappa shape index (κ1) is 14.1. The summed E-state index contributed by atoms with van der Waals surface area (Å²) in [6, 6.07) is 9.85. The van der Waals surface area contributed by atoms with Gasteiger partial charge >= 0.3 is 5.97 Å². The van der Waals surface area contributed by atoms with Crippen LogP contribution in [0.3, 0.4) is 0 Å². The molecule has 0 atom stereocenters. The maximum absolute atomic E-state index is 12.1. The van der Waals surface area contributed by atoms with Crippen LogP contribution >= 0.6 is 0 Å². The Morgan fingerprint density at radius 2 is 1.76 bits per heavy atom. The van der Waals surface area contributed by atoms with E-state index in [1.54, 1.807) is 5.57 Å². The third-order valence-corrected chi connectivity index (χ3v) is 4.43. The normalized spacial score (nSPS) is 18.6. The number of esters is 1. The molecule has 110 valence electrons. The van der Waals surface area contributed by atoms with E-state index in [-0.39, 0.29) is 5.97 Å². The molecule has 0 spiro atoms. The van der Waals surface area contributed by atoms with Crippen molar-refractivity contribution in [2.75, 3.05) is 0 Å². The van der Waals surface area contributed by atoms with Gasteiger partial charge in [0.05, 0.1) is 0 Å². The number of allylic oxidation sites excluding steroid dienone is 3. The fraction of sp³-hybridized carbons (Fsp3) is 0.421. The monoisotopic (exact) mass is 282 g/mol. The zero-order chi connectivity index (χ0) is 14.5. The lowest BCUT2D eigenvalue weighted by molar-refractivity contribution is -0.140. The first-order chi connectivity index (χ1) is 10.3. The van der Waals surface area contributed by atoms with Crippen LogP contribution in [0.15, 0.2) is 53.1 Å². The van der Waals surface area contributed by atoms with Crippen molar-refractivity contribution in [1.29, 1.82) is 0 Å². The summed E-state index contributed by atoms with van der Waals surface area (Å²) in [5.41, 5.74) is 4.96. The van der Waals surface area contributed by atoms with Gasteiger partial charge in [-0.2, -0.15) is 0 Å². The van der Waals surface area contributed by atoms with E-state index in [0.29, 0.717) is 6.61 Å². The number of benzene rings is 1. The average molecular weight is 282 g/mol. The van der Waals surface area contributed by atoms with Gasteiger partial charge in [-0.3, -0.25) is 0 Å². The number of carbonyl (C=O) groups is 1. The van der Waals surface area contributed by atoms with Crippen molar-refractivity contribution in [1.82, 2.24) is 0 Å². The topological polar surface area (TPSA) is 26.3 Å². The maximum atomic E-state index is 12.1. The van der Waals surface area contributed by atoms with E-state index in [4.69, 9.17) is 4.74 Å². The van der Waals surface area contributed by atoms with E-state index in [9.17, 15) is 4.79 Å². The Kier molecular flexibility index (Phi) is 4.54. The molecule has 2 aliphatic rings. The summed E-state index contributed by atoms with van der Waals surface area (Å²) in [7, 11) is 0. The quantitative estimate of drug-likeness (QED) is 0.593. The molecule has 1 aromatic carbocycles. The third-order valence-electron chi connectivity index (χ3n) is 4.43. The minimum absolute atomic E-state index is 0.148. The van der Waals surface area contributed by atoms with Gasteiger partial charge in [0.25, 0.3) is 0 Å². The summed E-state index contributed by atoms with van der Waals surface area (Å²) in [4.78, 5) is 12.1. The van der Waals surface area contributed by atoms with Gasteiger partial charge in [0.2, 0.25) is 0 Å². The summed E-state index contributed by atoms with van der Waals surface area (Å²) in [5, 5.41) is 0. The number of hydrogen-bond donors (Lipinski definition) is 0. The predicted octanol–water partition coefficient (Wildman–Crippen LogP) is 4.71. The van der Waals surface area contributed by atoms with Crippen LogP contribution in [0.1, 0.15) is 50.5 Å². The van der Waals surface area contributed by atoms with Crippen LogP contribution in [0, 0.1) is 0 Å². The van der Waals surface area contributed by atoms with Crippen molar-refractivity contribution < 1.29 is 9.53 Å². The van der Waals surface area contributed by atoms with E-state index >= 15 is 0 Å².